The maximum Gasteiger partial charge on any atom is 0.152 e. The molecule has 1 unspecified atom stereocenters. The first-order chi connectivity index (χ1) is 8.77. The van der Waals surface area contributed by atoms with Gasteiger partial charge in [0.15, 0.2) is 5.82 Å². The van der Waals surface area contributed by atoms with E-state index < -0.39 is 11.3 Å². The van der Waals surface area contributed by atoms with Crippen molar-refractivity contribution in [3.05, 3.63) is 54.6 Å². The van der Waals surface area contributed by atoms with Crippen molar-refractivity contribution < 1.29 is 8.76 Å². The molecule has 0 N–H and O–H groups in total. The summed E-state index contributed by atoms with van der Waals surface area (Å²) >= 11 is -2.38. The molecule has 1 atom stereocenters. The first-order valence-electron chi connectivity index (χ1n) is 5.40. The van der Waals surface area contributed by atoms with Crippen LogP contribution in [0.25, 0.3) is 22.4 Å². The molecule has 4 nitrogen and oxygen atoms in total. The summed E-state index contributed by atoms with van der Waals surface area (Å²) in [5.74, 6) is 0.435. The Morgan fingerprint density at radius 3 is 2.39 bits per heavy atom. The van der Waals surface area contributed by atoms with Gasteiger partial charge in [0.2, 0.25) is 0 Å². The summed E-state index contributed by atoms with van der Waals surface area (Å²) in [6.45, 7) is 0. The zero-order chi connectivity index (χ0) is 12.5. The van der Waals surface area contributed by atoms with Crippen LogP contribution in [-0.2, 0) is 11.3 Å². The Morgan fingerprint density at radius 1 is 1.00 bits per heavy atom. The molecule has 0 amide bonds. The Balaban J connectivity index is 2.36. The Bertz CT molecular complexity index is 722. The van der Waals surface area contributed by atoms with E-state index in [0.717, 1.165) is 5.56 Å². The van der Waals surface area contributed by atoms with Crippen molar-refractivity contribution in [1.82, 2.24) is 8.96 Å². The summed E-state index contributed by atoms with van der Waals surface area (Å²) < 4.78 is 24.0. The molecule has 3 aromatic rings. The number of benzene rings is 2. The van der Waals surface area contributed by atoms with Crippen molar-refractivity contribution in [2.75, 3.05) is 0 Å². The number of hydrogen-bond donors (Lipinski definition) is 0. The molecule has 0 fully saturated rings. The second-order valence-corrected chi connectivity index (χ2v) is 4.60. The Kier molecular flexibility index (Phi) is 2.70. The molecule has 0 aliphatic heterocycles. The second kappa shape index (κ2) is 4.36. The number of fused-ring (bicyclic) bond motifs is 1. The van der Waals surface area contributed by atoms with Crippen molar-refractivity contribution in [3.8, 4) is 11.4 Å². The molecule has 0 saturated heterocycles. The fourth-order valence-electron chi connectivity index (χ4n) is 1.92. The van der Waals surface area contributed by atoms with Crippen molar-refractivity contribution >= 4 is 22.3 Å². The number of hydrogen-bond acceptors (Lipinski definition) is 3. The van der Waals surface area contributed by atoms with E-state index in [1.165, 1.54) is 3.97 Å². The van der Waals surface area contributed by atoms with Gasteiger partial charge in [-0.05, 0) is 12.1 Å². The average molecular weight is 257 g/mol. The van der Waals surface area contributed by atoms with Gasteiger partial charge in [-0.1, -0.05) is 42.5 Å². The molecule has 3 rings (SSSR count). The van der Waals surface area contributed by atoms with Crippen LogP contribution in [0.2, 0.25) is 0 Å². The predicted molar refractivity (Wildman–Crippen MR) is 69.5 cm³/mol. The standard InChI is InChI=1S/C13H10N2O2S/c16-18(17)15-12-9-5-4-8-11(12)14-13(15)10-6-2-1-3-7-10/h1-9H,(H,16,17)/p-1. The number of aromatic nitrogens is 2. The highest BCUT2D eigenvalue weighted by Gasteiger charge is 2.12. The van der Waals surface area contributed by atoms with Crippen LogP contribution in [0.3, 0.4) is 0 Å². The second-order valence-electron chi connectivity index (χ2n) is 3.80. The highest BCUT2D eigenvalue weighted by Crippen LogP contribution is 2.24. The molecule has 0 radical (unpaired) electrons. The lowest BCUT2D eigenvalue weighted by Crippen LogP contribution is -2.04. The third-order valence-corrected chi connectivity index (χ3v) is 3.37. The van der Waals surface area contributed by atoms with E-state index in [2.05, 4.69) is 4.98 Å². The highest BCUT2D eigenvalue weighted by atomic mass is 32.2. The first kappa shape index (κ1) is 11.1. The van der Waals surface area contributed by atoms with Crippen LogP contribution in [-0.4, -0.2) is 17.7 Å². The first-order valence-corrected chi connectivity index (χ1v) is 6.43. The van der Waals surface area contributed by atoms with Gasteiger partial charge in [0.25, 0.3) is 0 Å². The number of rotatable bonds is 2. The summed E-state index contributed by atoms with van der Waals surface area (Å²) in [6.07, 6.45) is 0. The van der Waals surface area contributed by atoms with E-state index in [1.807, 2.05) is 36.4 Å². The van der Waals surface area contributed by atoms with Crippen LogP contribution < -0.4 is 0 Å². The van der Waals surface area contributed by atoms with Gasteiger partial charge in [-0.25, -0.2) is 4.98 Å². The third kappa shape index (κ3) is 1.73. The lowest BCUT2D eigenvalue weighted by molar-refractivity contribution is 0.530. The van der Waals surface area contributed by atoms with Gasteiger partial charge in [-0.3, -0.25) is 8.18 Å². The maximum atomic E-state index is 11.4. The van der Waals surface area contributed by atoms with E-state index in [4.69, 9.17) is 0 Å². The molecular weight excluding hydrogens is 248 g/mol. The van der Waals surface area contributed by atoms with Crippen LogP contribution in [0.4, 0.5) is 0 Å². The summed E-state index contributed by atoms with van der Waals surface area (Å²) in [7, 11) is 0. The van der Waals surface area contributed by atoms with Crippen LogP contribution >= 0.6 is 0 Å². The number of imidazole rings is 1. The lowest BCUT2D eigenvalue weighted by atomic mass is 10.2. The largest absolute Gasteiger partial charge is 0.755 e. The molecule has 90 valence electrons. The number of nitrogens with zero attached hydrogens (tertiary/aromatic N) is 2. The van der Waals surface area contributed by atoms with Crippen LogP contribution in [0.5, 0.6) is 0 Å². The molecule has 1 aromatic heterocycles. The van der Waals surface area contributed by atoms with E-state index in [0.29, 0.717) is 16.9 Å². The van der Waals surface area contributed by atoms with Gasteiger partial charge in [-0.2, -0.15) is 0 Å². The average Bonchev–Trinajstić information content (AvgIpc) is 2.79. The Hall–Kier alpha value is -1.98. The van der Waals surface area contributed by atoms with Crippen LogP contribution in [0, 0.1) is 0 Å². The lowest BCUT2D eigenvalue weighted by Gasteiger charge is -2.11. The molecule has 0 aliphatic rings. The molecule has 18 heavy (non-hydrogen) atoms. The topological polar surface area (TPSA) is 57.9 Å². The van der Waals surface area contributed by atoms with Crippen molar-refractivity contribution in [3.63, 3.8) is 0 Å². The fourth-order valence-corrected chi connectivity index (χ4v) is 2.53. The normalized spacial score (nSPS) is 12.7. The SMILES string of the molecule is O=S([O-])n1c(-c2ccccc2)nc2ccccc21. The fraction of sp³-hybridized carbons (Fsp3) is 0. The summed E-state index contributed by atoms with van der Waals surface area (Å²) in [6, 6.07) is 16.4. The summed E-state index contributed by atoms with van der Waals surface area (Å²) in [5, 5.41) is 0. The molecular formula is C13H9N2O2S-. The van der Waals surface area contributed by atoms with Gasteiger partial charge in [-0.15, -0.1) is 0 Å². The minimum atomic E-state index is -2.38. The molecule has 0 aliphatic carbocycles. The van der Waals surface area contributed by atoms with Gasteiger partial charge >= 0.3 is 0 Å². The molecule has 0 spiro atoms. The molecule has 0 saturated carbocycles. The van der Waals surface area contributed by atoms with Crippen LogP contribution in [0.1, 0.15) is 0 Å². The molecule has 1 heterocycles. The van der Waals surface area contributed by atoms with Crippen molar-refractivity contribution in [2.24, 2.45) is 0 Å². The predicted octanol–water partition coefficient (Wildman–Crippen LogP) is 2.35. The van der Waals surface area contributed by atoms with Gasteiger partial charge in [0.1, 0.15) is 0 Å². The van der Waals surface area contributed by atoms with Gasteiger partial charge < -0.3 is 4.55 Å². The monoisotopic (exact) mass is 257 g/mol. The quantitative estimate of drug-likeness (QED) is 0.662. The third-order valence-electron chi connectivity index (χ3n) is 2.70. The van der Waals surface area contributed by atoms with E-state index >= 15 is 0 Å². The van der Waals surface area contributed by atoms with E-state index in [-0.39, 0.29) is 0 Å². The van der Waals surface area contributed by atoms with Crippen molar-refractivity contribution in [2.45, 2.75) is 0 Å². The van der Waals surface area contributed by atoms with Gasteiger partial charge in [0, 0.05) is 5.56 Å². The Morgan fingerprint density at radius 2 is 1.67 bits per heavy atom. The molecule has 2 aromatic carbocycles. The zero-order valence-electron chi connectivity index (χ0n) is 9.32. The zero-order valence-corrected chi connectivity index (χ0v) is 10.1. The van der Waals surface area contributed by atoms with Gasteiger partial charge in [0.05, 0.1) is 22.3 Å². The smallest absolute Gasteiger partial charge is 0.152 e. The minimum Gasteiger partial charge on any atom is -0.755 e. The summed E-state index contributed by atoms with van der Waals surface area (Å²) in [5.41, 5.74) is 2.03. The van der Waals surface area contributed by atoms with Crippen LogP contribution in [0.15, 0.2) is 54.6 Å². The minimum absolute atomic E-state index is 0.435. The maximum absolute atomic E-state index is 11.4. The molecule has 5 heteroatoms. The highest BCUT2D eigenvalue weighted by molar-refractivity contribution is 7.77. The Labute approximate surface area is 106 Å². The van der Waals surface area contributed by atoms with E-state index in [1.54, 1.807) is 18.2 Å². The number of para-hydroxylation sites is 2. The molecule has 0 bridgehead atoms. The van der Waals surface area contributed by atoms with Crippen molar-refractivity contribution in [1.29, 1.82) is 0 Å². The van der Waals surface area contributed by atoms with E-state index in [9.17, 15) is 8.76 Å². The summed E-state index contributed by atoms with van der Waals surface area (Å²) in [4.78, 5) is 4.37.